The van der Waals surface area contributed by atoms with Gasteiger partial charge in [0.15, 0.2) is 5.57 Å². The minimum absolute atomic E-state index is 0.165. The molecule has 0 radical (unpaired) electrons. The van der Waals surface area contributed by atoms with Crippen LogP contribution in [-0.2, 0) is 9.53 Å². The van der Waals surface area contributed by atoms with Crippen molar-refractivity contribution in [1.29, 1.82) is 5.26 Å². The predicted octanol–water partition coefficient (Wildman–Crippen LogP) is 2.08. The van der Waals surface area contributed by atoms with E-state index in [4.69, 9.17) is 10.00 Å². The second-order valence-corrected chi connectivity index (χ2v) is 4.38. The summed E-state index contributed by atoms with van der Waals surface area (Å²) in [5.41, 5.74) is 0.240. The van der Waals surface area contributed by atoms with E-state index in [9.17, 15) is 9.59 Å². The molecular weight excluding hydrogens is 276 g/mol. The summed E-state index contributed by atoms with van der Waals surface area (Å²) in [6.07, 6.45) is 1.66. The van der Waals surface area contributed by atoms with Crippen LogP contribution in [-0.4, -0.2) is 24.7 Å². The molecule has 0 bridgehead atoms. The molecule has 6 heteroatoms. The SMILES string of the molecule is CCOC(=O)/C(C#N)=C(\NC(=O)c1ccccc1)SC. The number of nitriles is 1. The van der Waals surface area contributed by atoms with Crippen LogP contribution in [0.1, 0.15) is 17.3 Å². The Morgan fingerprint density at radius 3 is 2.50 bits per heavy atom. The van der Waals surface area contributed by atoms with Crippen molar-refractivity contribution in [2.75, 3.05) is 12.9 Å². The van der Waals surface area contributed by atoms with Gasteiger partial charge in [-0.2, -0.15) is 5.26 Å². The molecule has 1 aromatic carbocycles. The second-order valence-electron chi connectivity index (χ2n) is 3.56. The Bertz CT molecular complexity index is 562. The van der Waals surface area contributed by atoms with Crippen molar-refractivity contribution in [3.63, 3.8) is 0 Å². The molecule has 1 aromatic rings. The summed E-state index contributed by atoms with van der Waals surface area (Å²) >= 11 is 1.10. The van der Waals surface area contributed by atoms with E-state index in [0.29, 0.717) is 5.56 Å². The van der Waals surface area contributed by atoms with E-state index in [-0.39, 0.29) is 23.1 Å². The largest absolute Gasteiger partial charge is 0.462 e. The fourth-order valence-corrected chi connectivity index (χ4v) is 1.90. The smallest absolute Gasteiger partial charge is 0.351 e. The molecule has 104 valence electrons. The molecule has 1 N–H and O–H groups in total. The van der Waals surface area contributed by atoms with Crippen LogP contribution < -0.4 is 5.32 Å². The van der Waals surface area contributed by atoms with Gasteiger partial charge in [0.25, 0.3) is 5.91 Å². The molecule has 0 fully saturated rings. The number of hydrogen-bond donors (Lipinski definition) is 1. The van der Waals surface area contributed by atoms with Crippen LogP contribution in [0, 0.1) is 11.3 Å². The third kappa shape index (κ3) is 4.14. The van der Waals surface area contributed by atoms with E-state index < -0.39 is 5.97 Å². The van der Waals surface area contributed by atoms with Gasteiger partial charge in [-0.1, -0.05) is 18.2 Å². The van der Waals surface area contributed by atoms with Crippen molar-refractivity contribution in [2.24, 2.45) is 0 Å². The van der Waals surface area contributed by atoms with Gasteiger partial charge in [0.05, 0.1) is 6.61 Å². The molecule has 1 amide bonds. The Morgan fingerprint density at radius 2 is 2.00 bits per heavy atom. The third-order valence-corrected chi connectivity index (χ3v) is 3.00. The van der Waals surface area contributed by atoms with E-state index in [1.165, 1.54) is 0 Å². The number of esters is 1. The van der Waals surface area contributed by atoms with Crippen molar-refractivity contribution >= 4 is 23.6 Å². The lowest BCUT2D eigenvalue weighted by atomic mass is 10.2. The molecule has 0 saturated carbocycles. The number of nitrogens with zero attached hydrogens (tertiary/aromatic N) is 1. The van der Waals surface area contributed by atoms with E-state index in [1.54, 1.807) is 49.6 Å². The van der Waals surface area contributed by atoms with Gasteiger partial charge in [0, 0.05) is 5.56 Å². The van der Waals surface area contributed by atoms with Gasteiger partial charge in [0.2, 0.25) is 0 Å². The molecule has 0 saturated heterocycles. The number of carbonyl (C=O) groups excluding carboxylic acids is 2. The molecule has 0 aromatic heterocycles. The van der Waals surface area contributed by atoms with Crippen LogP contribution in [0.4, 0.5) is 0 Å². The zero-order chi connectivity index (χ0) is 15.0. The minimum atomic E-state index is -0.743. The van der Waals surface area contributed by atoms with Gasteiger partial charge >= 0.3 is 5.97 Å². The molecule has 0 unspecified atom stereocenters. The molecule has 20 heavy (non-hydrogen) atoms. The molecule has 0 aliphatic rings. The van der Waals surface area contributed by atoms with Crippen molar-refractivity contribution in [2.45, 2.75) is 6.92 Å². The number of carbonyl (C=O) groups is 2. The standard InChI is InChI=1S/C14H14N2O3S/c1-3-19-14(18)11(9-15)13(20-2)16-12(17)10-7-5-4-6-8-10/h4-8H,3H2,1-2H3,(H,16,17)/b13-11+. The maximum atomic E-state index is 12.0. The Morgan fingerprint density at radius 1 is 1.35 bits per heavy atom. The van der Waals surface area contributed by atoms with Crippen LogP contribution >= 0.6 is 11.8 Å². The van der Waals surface area contributed by atoms with Crippen LogP contribution in [0.5, 0.6) is 0 Å². The molecule has 1 rings (SSSR count). The Balaban J connectivity index is 2.98. The zero-order valence-electron chi connectivity index (χ0n) is 11.2. The van der Waals surface area contributed by atoms with Crippen LogP contribution in [0.3, 0.4) is 0 Å². The molecule has 0 spiro atoms. The number of nitrogens with one attached hydrogen (secondary N) is 1. The van der Waals surface area contributed by atoms with Crippen molar-refractivity contribution < 1.29 is 14.3 Å². The lowest BCUT2D eigenvalue weighted by Gasteiger charge is -2.09. The maximum Gasteiger partial charge on any atom is 0.351 e. The molecule has 5 nitrogen and oxygen atoms in total. The second kappa shape index (κ2) is 8.02. The topological polar surface area (TPSA) is 79.2 Å². The van der Waals surface area contributed by atoms with Gasteiger partial charge in [0.1, 0.15) is 11.1 Å². The van der Waals surface area contributed by atoms with Crippen molar-refractivity contribution in [1.82, 2.24) is 5.32 Å². The Kier molecular flexibility index (Phi) is 6.33. The Hall–Kier alpha value is -2.26. The number of hydrogen-bond acceptors (Lipinski definition) is 5. The van der Waals surface area contributed by atoms with Gasteiger partial charge in [-0.05, 0) is 25.3 Å². The molecule has 0 heterocycles. The molecule has 0 aliphatic carbocycles. The Labute approximate surface area is 121 Å². The predicted molar refractivity (Wildman–Crippen MR) is 76.7 cm³/mol. The number of thioether (sulfide) groups is 1. The molecule has 0 aliphatic heterocycles. The highest BCUT2D eigenvalue weighted by Gasteiger charge is 2.18. The average molecular weight is 290 g/mol. The number of benzene rings is 1. The fourth-order valence-electron chi connectivity index (χ4n) is 1.37. The summed E-state index contributed by atoms with van der Waals surface area (Å²) in [5.74, 6) is -1.13. The normalized spacial score (nSPS) is 11.1. The first-order valence-corrected chi connectivity index (χ1v) is 7.08. The van der Waals surface area contributed by atoms with Gasteiger partial charge < -0.3 is 10.1 Å². The summed E-state index contributed by atoms with van der Waals surface area (Å²) in [6.45, 7) is 1.81. The van der Waals surface area contributed by atoms with Crippen LogP contribution in [0.25, 0.3) is 0 Å². The van der Waals surface area contributed by atoms with Crippen molar-refractivity contribution in [3.05, 3.63) is 46.5 Å². The zero-order valence-corrected chi connectivity index (χ0v) is 12.0. The first kappa shape index (κ1) is 15.8. The molecule has 0 atom stereocenters. The molecular formula is C14H14N2O3S. The van der Waals surface area contributed by atoms with Gasteiger partial charge in [-0.15, -0.1) is 11.8 Å². The van der Waals surface area contributed by atoms with Gasteiger partial charge in [-0.3, -0.25) is 4.79 Å². The van der Waals surface area contributed by atoms with Crippen LogP contribution in [0.15, 0.2) is 40.9 Å². The number of ether oxygens (including phenoxy) is 1. The first-order valence-electron chi connectivity index (χ1n) is 5.85. The first-order chi connectivity index (χ1) is 9.63. The minimum Gasteiger partial charge on any atom is -0.462 e. The highest BCUT2D eigenvalue weighted by Crippen LogP contribution is 2.16. The van der Waals surface area contributed by atoms with E-state index in [2.05, 4.69) is 5.32 Å². The third-order valence-electron chi connectivity index (χ3n) is 2.29. The quantitative estimate of drug-likeness (QED) is 0.510. The van der Waals surface area contributed by atoms with E-state index >= 15 is 0 Å². The lowest BCUT2D eigenvalue weighted by Crippen LogP contribution is -2.24. The monoisotopic (exact) mass is 290 g/mol. The summed E-state index contributed by atoms with van der Waals surface area (Å²) < 4.78 is 4.78. The average Bonchev–Trinajstić information content (AvgIpc) is 2.48. The number of amides is 1. The maximum absolute atomic E-state index is 12.0. The summed E-state index contributed by atoms with van der Waals surface area (Å²) in [4.78, 5) is 23.6. The van der Waals surface area contributed by atoms with E-state index in [1.807, 2.05) is 0 Å². The van der Waals surface area contributed by atoms with E-state index in [0.717, 1.165) is 11.8 Å². The van der Waals surface area contributed by atoms with Crippen LogP contribution in [0.2, 0.25) is 0 Å². The summed E-state index contributed by atoms with van der Waals surface area (Å²) in [7, 11) is 0. The highest BCUT2D eigenvalue weighted by atomic mass is 32.2. The highest BCUT2D eigenvalue weighted by molar-refractivity contribution is 8.02. The number of rotatable bonds is 5. The van der Waals surface area contributed by atoms with Gasteiger partial charge in [-0.25, -0.2) is 4.79 Å². The fraction of sp³-hybridized carbons (Fsp3) is 0.214. The lowest BCUT2D eigenvalue weighted by molar-refractivity contribution is -0.138. The summed E-state index contributed by atoms with van der Waals surface area (Å²) in [6, 6.07) is 10.3. The summed E-state index contributed by atoms with van der Waals surface area (Å²) in [5, 5.41) is 11.8. The van der Waals surface area contributed by atoms with Crippen molar-refractivity contribution in [3.8, 4) is 6.07 Å².